The first-order valence-corrected chi connectivity index (χ1v) is 9.30. The molecular weight excluding hydrogens is 372 g/mol. The fraction of sp³-hybridized carbons (Fsp3) is 0.286. The van der Waals surface area contributed by atoms with Crippen LogP contribution in [-0.2, 0) is 9.53 Å². The van der Waals surface area contributed by atoms with Crippen molar-refractivity contribution in [3.63, 3.8) is 0 Å². The highest BCUT2D eigenvalue weighted by Crippen LogP contribution is 2.27. The molecule has 1 fully saturated rings. The zero-order chi connectivity index (χ0) is 20.8. The summed E-state index contributed by atoms with van der Waals surface area (Å²) < 4.78 is 4.69. The second kappa shape index (κ2) is 9.09. The number of ether oxygens (including phenoxy) is 1. The van der Waals surface area contributed by atoms with Crippen molar-refractivity contribution in [3.8, 4) is 0 Å². The van der Waals surface area contributed by atoms with Gasteiger partial charge >= 0.3 is 12.1 Å². The number of benzene rings is 2. The third-order valence-corrected chi connectivity index (χ3v) is 4.83. The van der Waals surface area contributed by atoms with Crippen molar-refractivity contribution in [2.24, 2.45) is 0 Å². The lowest BCUT2D eigenvalue weighted by Gasteiger charge is -2.29. The Morgan fingerprint density at radius 3 is 2.48 bits per heavy atom. The first-order valence-electron chi connectivity index (χ1n) is 9.30. The molecule has 1 atom stereocenters. The maximum absolute atomic E-state index is 13.0. The van der Waals surface area contributed by atoms with Gasteiger partial charge in [-0.2, -0.15) is 0 Å². The number of anilines is 2. The Bertz CT molecular complexity index is 870. The van der Waals surface area contributed by atoms with Crippen LogP contribution >= 0.6 is 0 Å². The third-order valence-electron chi connectivity index (χ3n) is 4.83. The smallest absolute Gasteiger partial charge is 0.413 e. The lowest BCUT2D eigenvalue weighted by molar-refractivity contribution is -0.121. The number of urea groups is 1. The number of rotatable bonds is 3. The van der Waals surface area contributed by atoms with Crippen molar-refractivity contribution < 1.29 is 19.1 Å². The van der Waals surface area contributed by atoms with E-state index >= 15 is 0 Å². The van der Waals surface area contributed by atoms with Crippen molar-refractivity contribution in [1.29, 1.82) is 0 Å². The predicted octanol–water partition coefficient (Wildman–Crippen LogP) is 2.98. The summed E-state index contributed by atoms with van der Waals surface area (Å²) in [5.74, 6) is -0.0793. The molecule has 3 rings (SSSR count). The highest BCUT2D eigenvalue weighted by atomic mass is 16.5. The first kappa shape index (κ1) is 20.2. The molecule has 0 aliphatic carbocycles. The minimum Gasteiger partial charge on any atom is -0.452 e. The molecule has 0 saturated carbocycles. The fourth-order valence-corrected chi connectivity index (χ4v) is 3.25. The molecule has 1 aliphatic heterocycles. The van der Waals surface area contributed by atoms with Crippen molar-refractivity contribution in [1.82, 2.24) is 10.2 Å². The summed E-state index contributed by atoms with van der Waals surface area (Å²) in [4.78, 5) is 39.7. The summed E-state index contributed by atoms with van der Waals surface area (Å²) in [6.45, 7) is 0.804. The number of amides is 4. The predicted molar refractivity (Wildman–Crippen MR) is 110 cm³/mol. The first-order chi connectivity index (χ1) is 14.0. The molecule has 29 heavy (non-hydrogen) atoms. The van der Waals surface area contributed by atoms with Crippen LogP contribution in [0.4, 0.5) is 21.0 Å². The Labute approximate surface area is 169 Å². The van der Waals surface area contributed by atoms with Gasteiger partial charge in [-0.05, 0) is 29.8 Å². The maximum atomic E-state index is 13.0. The van der Waals surface area contributed by atoms with Gasteiger partial charge in [0.05, 0.1) is 19.6 Å². The van der Waals surface area contributed by atoms with Gasteiger partial charge in [0.2, 0.25) is 5.91 Å². The number of nitrogens with zero attached hydrogens (tertiary/aromatic N) is 2. The van der Waals surface area contributed by atoms with Crippen LogP contribution in [0.3, 0.4) is 0 Å². The van der Waals surface area contributed by atoms with E-state index in [9.17, 15) is 14.4 Å². The van der Waals surface area contributed by atoms with Gasteiger partial charge < -0.3 is 20.3 Å². The number of hydrogen-bond donors (Lipinski definition) is 2. The van der Waals surface area contributed by atoms with Gasteiger partial charge in [-0.25, -0.2) is 9.59 Å². The molecule has 2 aromatic rings. The molecule has 0 bridgehead atoms. The van der Waals surface area contributed by atoms with E-state index < -0.39 is 6.09 Å². The minimum atomic E-state index is -0.478. The molecule has 8 nitrogen and oxygen atoms in total. The normalized spacial score (nSPS) is 16.4. The Morgan fingerprint density at radius 1 is 1.14 bits per heavy atom. The molecule has 0 spiro atoms. The molecule has 0 aromatic heterocycles. The highest BCUT2D eigenvalue weighted by Gasteiger charge is 2.29. The summed E-state index contributed by atoms with van der Waals surface area (Å²) in [7, 11) is 2.92. The molecule has 2 aromatic carbocycles. The Balaban J connectivity index is 1.75. The monoisotopic (exact) mass is 396 g/mol. The number of methoxy groups -OCH3 is 1. The molecular formula is C21H24N4O4. The average Bonchev–Trinajstić information content (AvgIpc) is 2.95. The van der Waals surface area contributed by atoms with E-state index in [1.165, 1.54) is 12.0 Å². The van der Waals surface area contributed by atoms with E-state index in [0.29, 0.717) is 24.5 Å². The van der Waals surface area contributed by atoms with E-state index in [1.54, 1.807) is 36.2 Å². The molecule has 1 heterocycles. The van der Waals surface area contributed by atoms with Crippen LogP contribution < -0.4 is 15.5 Å². The van der Waals surface area contributed by atoms with Gasteiger partial charge in [-0.3, -0.25) is 9.69 Å². The van der Waals surface area contributed by atoms with Gasteiger partial charge in [0.1, 0.15) is 0 Å². The molecule has 1 saturated heterocycles. The summed E-state index contributed by atoms with van der Waals surface area (Å²) in [6.07, 6.45) is -0.269. The molecule has 8 heteroatoms. The second-order valence-corrected chi connectivity index (χ2v) is 6.68. The lowest BCUT2D eigenvalue weighted by Crippen LogP contribution is -2.39. The van der Waals surface area contributed by atoms with Gasteiger partial charge in [0.15, 0.2) is 0 Å². The molecule has 152 valence electrons. The van der Waals surface area contributed by atoms with Crippen molar-refractivity contribution in [3.05, 3.63) is 60.2 Å². The van der Waals surface area contributed by atoms with Crippen molar-refractivity contribution in [2.75, 3.05) is 37.5 Å². The highest BCUT2D eigenvalue weighted by molar-refractivity contribution is 5.91. The van der Waals surface area contributed by atoms with E-state index in [1.807, 2.05) is 30.3 Å². The quantitative estimate of drug-likeness (QED) is 0.834. The average molecular weight is 396 g/mol. The lowest BCUT2D eigenvalue weighted by atomic mass is 10.0. The van der Waals surface area contributed by atoms with Crippen LogP contribution in [0.25, 0.3) is 0 Å². The van der Waals surface area contributed by atoms with Crippen LogP contribution in [0.5, 0.6) is 0 Å². The van der Waals surface area contributed by atoms with Gasteiger partial charge in [-0.1, -0.05) is 30.3 Å². The van der Waals surface area contributed by atoms with E-state index in [2.05, 4.69) is 10.6 Å². The number of carbonyl (C=O) groups is 3. The van der Waals surface area contributed by atoms with Crippen LogP contribution in [-0.4, -0.2) is 50.2 Å². The molecule has 1 aliphatic rings. The topological polar surface area (TPSA) is 91.0 Å². The molecule has 0 radical (unpaired) electrons. The Kier molecular flexibility index (Phi) is 6.33. The number of nitrogens with one attached hydrogen (secondary N) is 2. The number of carbonyl (C=O) groups excluding carboxylic acids is 3. The van der Waals surface area contributed by atoms with Gasteiger partial charge in [0, 0.05) is 31.5 Å². The van der Waals surface area contributed by atoms with Crippen LogP contribution in [0.15, 0.2) is 54.6 Å². The zero-order valence-corrected chi connectivity index (χ0v) is 16.4. The van der Waals surface area contributed by atoms with Crippen molar-refractivity contribution in [2.45, 2.75) is 12.5 Å². The third kappa shape index (κ3) is 4.84. The van der Waals surface area contributed by atoms with Crippen LogP contribution in [0, 0.1) is 0 Å². The van der Waals surface area contributed by atoms with Crippen molar-refractivity contribution >= 4 is 29.4 Å². The second-order valence-electron chi connectivity index (χ2n) is 6.68. The maximum Gasteiger partial charge on any atom is 0.413 e. The summed E-state index contributed by atoms with van der Waals surface area (Å²) >= 11 is 0. The van der Waals surface area contributed by atoms with Gasteiger partial charge in [0.25, 0.3) is 0 Å². The van der Waals surface area contributed by atoms with Gasteiger partial charge in [-0.15, -0.1) is 0 Å². The Morgan fingerprint density at radius 2 is 1.83 bits per heavy atom. The van der Waals surface area contributed by atoms with Crippen LogP contribution in [0.2, 0.25) is 0 Å². The fourth-order valence-electron chi connectivity index (χ4n) is 3.25. The molecule has 4 amide bonds. The van der Waals surface area contributed by atoms with E-state index in [-0.39, 0.29) is 24.4 Å². The summed E-state index contributed by atoms with van der Waals surface area (Å²) in [5.41, 5.74) is 2.14. The largest absolute Gasteiger partial charge is 0.452 e. The molecule has 0 unspecified atom stereocenters. The molecule has 2 N–H and O–H groups in total. The summed E-state index contributed by atoms with van der Waals surface area (Å²) in [5, 5.41) is 5.70. The SMILES string of the molecule is COC(=O)N(C)c1ccc(NC(=O)N2CCNC(=O)C[C@@H]2c2ccccc2)cc1. The standard InChI is InChI=1S/C21H24N4O4/c1-24(21(28)29-2)17-10-8-16(9-11-17)23-20(27)25-13-12-22-19(26)14-18(25)15-6-4-3-5-7-15/h3-11,18H,12-14H2,1-2H3,(H,22,26)(H,23,27)/t18-/m1/s1. The summed E-state index contributed by atoms with van der Waals surface area (Å²) in [6, 6.07) is 15.8. The van der Waals surface area contributed by atoms with Crippen LogP contribution in [0.1, 0.15) is 18.0 Å². The zero-order valence-electron chi connectivity index (χ0n) is 16.4. The van der Waals surface area contributed by atoms with E-state index in [0.717, 1.165) is 5.56 Å². The Hall–Kier alpha value is -3.55. The van der Waals surface area contributed by atoms with E-state index in [4.69, 9.17) is 4.74 Å². The number of hydrogen-bond acceptors (Lipinski definition) is 4. The minimum absolute atomic E-state index is 0.0793.